The van der Waals surface area contributed by atoms with Gasteiger partial charge in [0.25, 0.3) is 0 Å². The van der Waals surface area contributed by atoms with Crippen molar-refractivity contribution in [3.63, 3.8) is 0 Å². The molecule has 6 nitrogen and oxygen atoms in total. The number of methoxy groups -OCH3 is 1. The lowest BCUT2D eigenvalue weighted by Crippen LogP contribution is -2.24. The second kappa shape index (κ2) is 5.43. The van der Waals surface area contributed by atoms with Crippen LogP contribution in [-0.4, -0.2) is 18.2 Å². The molecule has 0 atom stereocenters. The quantitative estimate of drug-likeness (QED) is 0.797. The van der Waals surface area contributed by atoms with Gasteiger partial charge in [-0.3, -0.25) is 0 Å². The number of aromatic nitrogens is 1. The van der Waals surface area contributed by atoms with Crippen LogP contribution < -0.4 is 14.6 Å². The van der Waals surface area contributed by atoms with Gasteiger partial charge in [-0.15, -0.1) is 0 Å². The molecule has 1 aromatic heterocycles. The average Bonchev–Trinajstić information content (AvgIpc) is 2.78. The Labute approximate surface area is 109 Å². The van der Waals surface area contributed by atoms with E-state index < -0.39 is 5.97 Å². The minimum absolute atomic E-state index is 0.0335. The second-order valence-electron chi connectivity index (χ2n) is 3.82. The molecule has 19 heavy (non-hydrogen) atoms. The zero-order valence-corrected chi connectivity index (χ0v) is 10.5. The van der Waals surface area contributed by atoms with Crippen molar-refractivity contribution >= 4 is 5.97 Å². The summed E-state index contributed by atoms with van der Waals surface area (Å²) in [7, 11) is 1.55. The third kappa shape index (κ3) is 2.85. The lowest BCUT2D eigenvalue weighted by Gasteiger charge is -2.08. The van der Waals surface area contributed by atoms with Crippen molar-refractivity contribution < 1.29 is 23.9 Å². The van der Waals surface area contributed by atoms with E-state index in [0.29, 0.717) is 22.8 Å². The summed E-state index contributed by atoms with van der Waals surface area (Å²) < 4.78 is 15.4. The summed E-state index contributed by atoms with van der Waals surface area (Å²) in [5.74, 6) is 0.215. The summed E-state index contributed by atoms with van der Waals surface area (Å²) in [5.41, 5.74) is 0.128. The predicted molar refractivity (Wildman–Crippen MR) is 62.9 cm³/mol. The first-order chi connectivity index (χ1) is 9.11. The average molecular weight is 262 g/mol. The fourth-order valence-electron chi connectivity index (χ4n) is 1.57. The lowest BCUT2D eigenvalue weighted by molar-refractivity contribution is -0.255. The highest BCUT2D eigenvalue weighted by atomic mass is 16.5. The molecule has 1 aromatic carbocycles. The highest BCUT2D eigenvalue weighted by Gasteiger charge is 2.14. The van der Waals surface area contributed by atoms with Crippen LogP contribution in [0.5, 0.6) is 11.5 Å². The zero-order valence-electron chi connectivity index (χ0n) is 10.5. The fourth-order valence-corrected chi connectivity index (χ4v) is 1.57. The molecule has 1 heterocycles. The van der Waals surface area contributed by atoms with Gasteiger partial charge in [0.05, 0.1) is 18.6 Å². The van der Waals surface area contributed by atoms with Crippen LogP contribution in [0, 0.1) is 6.92 Å². The maximum absolute atomic E-state index is 10.8. The molecule has 0 saturated carbocycles. The number of benzene rings is 1. The van der Waals surface area contributed by atoms with Crippen LogP contribution in [0.3, 0.4) is 0 Å². The van der Waals surface area contributed by atoms with Crippen molar-refractivity contribution in [1.29, 1.82) is 0 Å². The number of nitrogens with zero attached hydrogens (tertiary/aromatic N) is 1. The van der Waals surface area contributed by atoms with Gasteiger partial charge in [-0.05, 0) is 19.1 Å². The van der Waals surface area contributed by atoms with Crippen LogP contribution in [-0.2, 0) is 6.61 Å². The van der Waals surface area contributed by atoms with E-state index in [4.69, 9.17) is 14.0 Å². The Morgan fingerprint density at radius 1 is 1.42 bits per heavy atom. The largest absolute Gasteiger partial charge is 0.543 e. The molecule has 0 bridgehead atoms. The second-order valence-corrected chi connectivity index (χ2v) is 3.82. The molecule has 100 valence electrons. The Kier molecular flexibility index (Phi) is 3.70. The van der Waals surface area contributed by atoms with Crippen molar-refractivity contribution in [3.05, 3.63) is 41.3 Å². The third-order valence-electron chi connectivity index (χ3n) is 2.60. The first-order valence-electron chi connectivity index (χ1n) is 5.55. The van der Waals surface area contributed by atoms with Crippen molar-refractivity contribution in [1.82, 2.24) is 5.16 Å². The summed E-state index contributed by atoms with van der Waals surface area (Å²) in [4.78, 5) is 10.8. The van der Waals surface area contributed by atoms with Crippen molar-refractivity contribution in [3.8, 4) is 11.5 Å². The molecule has 0 N–H and O–H groups in total. The summed E-state index contributed by atoms with van der Waals surface area (Å²) in [6, 6.07) is 6.99. The van der Waals surface area contributed by atoms with Crippen molar-refractivity contribution in [2.24, 2.45) is 0 Å². The summed E-state index contributed by atoms with van der Waals surface area (Å²) in [6.45, 7) is 1.65. The molecule has 0 saturated heterocycles. The maximum Gasteiger partial charge on any atom is 0.140 e. The van der Waals surface area contributed by atoms with Crippen molar-refractivity contribution in [2.75, 3.05) is 7.11 Å². The third-order valence-corrected chi connectivity index (χ3v) is 2.60. The first kappa shape index (κ1) is 12.9. The van der Waals surface area contributed by atoms with Crippen LogP contribution in [0.1, 0.15) is 21.8 Å². The highest BCUT2D eigenvalue weighted by molar-refractivity contribution is 5.85. The lowest BCUT2D eigenvalue weighted by atomic mass is 10.2. The van der Waals surface area contributed by atoms with Gasteiger partial charge in [0.2, 0.25) is 0 Å². The molecule has 0 aliphatic rings. The van der Waals surface area contributed by atoms with Crippen LogP contribution >= 0.6 is 0 Å². The number of aryl methyl sites for hydroxylation is 1. The number of hydrogen-bond donors (Lipinski definition) is 0. The van der Waals surface area contributed by atoms with E-state index in [2.05, 4.69) is 5.16 Å². The molecule has 0 spiro atoms. The molecule has 0 aliphatic carbocycles. The molecule has 6 heteroatoms. The number of hydrogen-bond acceptors (Lipinski definition) is 6. The van der Waals surface area contributed by atoms with Gasteiger partial charge in [-0.25, -0.2) is 0 Å². The number of carbonyl (C=O) groups excluding carboxylic acids is 1. The van der Waals surface area contributed by atoms with E-state index in [1.807, 2.05) is 0 Å². The Hall–Kier alpha value is -2.50. The van der Waals surface area contributed by atoms with Gasteiger partial charge in [0, 0.05) is 6.07 Å². The van der Waals surface area contributed by atoms with E-state index >= 15 is 0 Å². The SMILES string of the molecule is COc1cccc(OCc2c(C(=O)[O-])noc2C)c1. The molecule has 2 rings (SSSR count). The van der Waals surface area contributed by atoms with E-state index in [1.54, 1.807) is 38.3 Å². The topological polar surface area (TPSA) is 84.6 Å². The molecule has 0 amide bonds. The number of rotatable bonds is 5. The minimum Gasteiger partial charge on any atom is -0.543 e. The van der Waals surface area contributed by atoms with Crippen LogP contribution in [0.15, 0.2) is 28.8 Å². The fraction of sp³-hybridized carbons (Fsp3) is 0.231. The van der Waals surface area contributed by atoms with Crippen LogP contribution in [0.4, 0.5) is 0 Å². The Balaban J connectivity index is 2.14. The molecular formula is C13H12NO5-. The number of carbonyl (C=O) groups is 1. The predicted octanol–water partition coefficient (Wildman–Crippen LogP) is 0.934. The number of aromatic carboxylic acids is 1. The molecule has 2 aromatic rings. The monoisotopic (exact) mass is 262 g/mol. The Morgan fingerprint density at radius 2 is 2.16 bits per heavy atom. The zero-order chi connectivity index (χ0) is 13.8. The maximum atomic E-state index is 10.8. The van der Waals surface area contributed by atoms with Gasteiger partial charge in [-0.1, -0.05) is 11.2 Å². The molecule has 0 radical (unpaired) electrons. The van der Waals surface area contributed by atoms with E-state index in [-0.39, 0.29) is 12.3 Å². The summed E-state index contributed by atoms with van der Waals surface area (Å²) in [6.07, 6.45) is 0. The number of ether oxygens (including phenoxy) is 2. The number of carboxylic acid groups (broad SMARTS) is 1. The van der Waals surface area contributed by atoms with Gasteiger partial charge in [-0.2, -0.15) is 0 Å². The smallest absolute Gasteiger partial charge is 0.140 e. The van der Waals surface area contributed by atoms with Gasteiger partial charge >= 0.3 is 0 Å². The van der Waals surface area contributed by atoms with Gasteiger partial charge in [0.15, 0.2) is 0 Å². The number of carboxylic acids is 1. The normalized spacial score (nSPS) is 10.2. The van der Waals surface area contributed by atoms with E-state index in [0.717, 1.165) is 0 Å². The molecular weight excluding hydrogens is 250 g/mol. The summed E-state index contributed by atoms with van der Waals surface area (Å²) in [5, 5.41) is 14.3. The first-order valence-corrected chi connectivity index (χ1v) is 5.55. The standard InChI is InChI=1S/C13H13NO5/c1-8-11(12(13(15)16)14-19-8)7-18-10-5-3-4-9(6-10)17-2/h3-6H,7H2,1-2H3,(H,15,16)/p-1. The highest BCUT2D eigenvalue weighted by Crippen LogP contribution is 2.21. The van der Waals surface area contributed by atoms with Crippen LogP contribution in [0.2, 0.25) is 0 Å². The Bertz CT molecular complexity index is 590. The van der Waals surface area contributed by atoms with Crippen molar-refractivity contribution in [2.45, 2.75) is 13.5 Å². The molecule has 0 aliphatic heterocycles. The molecule has 0 fully saturated rings. The van der Waals surface area contributed by atoms with Gasteiger partial charge in [0.1, 0.15) is 29.6 Å². The van der Waals surface area contributed by atoms with E-state index in [9.17, 15) is 9.90 Å². The van der Waals surface area contributed by atoms with Gasteiger partial charge < -0.3 is 23.9 Å². The van der Waals surface area contributed by atoms with Crippen LogP contribution in [0.25, 0.3) is 0 Å². The molecule has 0 unspecified atom stereocenters. The minimum atomic E-state index is -1.39. The van der Waals surface area contributed by atoms with E-state index in [1.165, 1.54) is 0 Å². The Morgan fingerprint density at radius 3 is 2.84 bits per heavy atom. The summed E-state index contributed by atoms with van der Waals surface area (Å²) >= 11 is 0.